The molecule has 0 spiro atoms. The Morgan fingerprint density at radius 1 is 0.960 bits per heavy atom. The Bertz CT molecular complexity index is 952. The summed E-state index contributed by atoms with van der Waals surface area (Å²) in [7, 11) is 5.36. The fraction of sp³-hybridized carbons (Fsp3) is 0.250. The highest BCUT2D eigenvalue weighted by Crippen LogP contribution is 2.35. The zero-order chi connectivity index (χ0) is 17.4. The van der Waals surface area contributed by atoms with Crippen molar-refractivity contribution >= 4 is 10.8 Å². The van der Waals surface area contributed by atoms with E-state index in [9.17, 15) is 0 Å². The fourth-order valence-electron chi connectivity index (χ4n) is 3.22. The molecule has 0 saturated heterocycles. The maximum atomic E-state index is 5.50. The average Bonchev–Trinajstić information content (AvgIpc) is 3.10. The van der Waals surface area contributed by atoms with E-state index in [1.54, 1.807) is 14.2 Å². The van der Waals surface area contributed by atoms with E-state index in [-0.39, 0.29) is 6.79 Å². The van der Waals surface area contributed by atoms with Crippen molar-refractivity contribution in [1.82, 2.24) is 0 Å². The van der Waals surface area contributed by atoms with Crippen LogP contribution in [0, 0.1) is 0 Å². The number of methoxy groups -OCH3 is 2. The van der Waals surface area contributed by atoms with Gasteiger partial charge in [0.05, 0.1) is 26.0 Å². The van der Waals surface area contributed by atoms with Crippen molar-refractivity contribution in [2.45, 2.75) is 6.42 Å². The van der Waals surface area contributed by atoms with E-state index in [2.05, 4.69) is 29.9 Å². The summed E-state index contributed by atoms with van der Waals surface area (Å²) in [5, 5.41) is 2.26. The van der Waals surface area contributed by atoms with Gasteiger partial charge >= 0.3 is 0 Å². The van der Waals surface area contributed by atoms with E-state index in [1.807, 2.05) is 24.3 Å². The maximum Gasteiger partial charge on any atom is 0.231 e. The molecule has 2 heterocycles. The van der Waals surface area contributed by atoms with Crippen molar-refractivity contribution in [3.63, 3.8) is 0 Å². The van der Waals surface area contributed by atoms with Crippen LogP contribution in [0.25, 0.3) is 10.8 Å². The number of aryl methyl sites for hydroxylation is 1. The summed E-state index contributed by atoms with van der Waals surface area (Å²) in [6.07, 6.45) is 2.84. The Hall–Kier alpha value is -2.95. The second-order valence-corrected chi connectivity index (χ2v) is 6.03. The largest absolute Gasteiger partial charge is 0.493 e. The summed E-state index contributed by atoms with van der Waals surface area (Å²) in [6, 6.07) is 12.2. The molecule has 5 nitrogen and oxygen atoms in total. The summed E-state index contributed by atoms with van der Waals surface area (Å²) in [4.78, 5) is 0. The van der Waals surface area contributed by atoms with E-state index >= 15 is 0 Å². The molecule has 0 saturated carbocycles. The maximum absolute atomic E-state index is 5.50. The van der Waals surface area contributed by atoms with Crippen LogP contribution in [0.3, 0.4) is 0 Å². The minimum Gasteiger partial charge on any atom is -0.493 e. The van der Waals surface area contributed by atoms with Crippen LogP contribution >= 0.6 is 0 Å². The van der Waals surface area contributed by atoms with Gasteiger partial charge < -0.3 is 18.9 Å². The molecular weight excluding hydrogens is 318 g/mol. The Kier molecular flexibility index (Phi) is 3.84. The van der Waals surface area contributed by atoms with Gasteiger partial charge in [0.25, 0.3) is 0 Å². The number of hydrogen-bond donors (Lipinski definition) is 0. The molecule has 2 aromatic carbocycles. The summed E-state index contributed by atoms with van der Waals surface area (Å²) < 4.78 is 23.9. The van der Waals surface area contributed by atoms with Crippen molar-refractivity contribution in [3.05, 3.63) is 53.9 Å². The number of aromatic nitrogens is 1. The van der Waals surface area contributed by atoms with Crippen molar-refractivity contribution in [1.29, 1.82) is 0 Å². The molecule has 0 atom stereocenters. The van der Waals surface area contributed by atoms with E-state index in [1.165, 1.54) is 11.3 Å². The quantitative estimate of drug-likeness (QED) is 0.686. The Morgan fingerprint density at radius 2 is 1.72 bits per heavy atom. The second kappa shape index (κ2) is 6.16. The lowest BCUT2D eigenvalue weighted by Gasteiger charge is -2.11. The van der Waals surface area contributed by atoms with Gasteiger partial charge in [0.2, 0.25) is 6.79 Å². The molecule has 128 valence electrons. The highest BCUT2D eigenvalue weighted by molar-refractivity contribution is 5.87. The lowest BCUT2D eigenvalue weighted by Crippen LogP contribution is -2.33. The summed E-state index contributed by atoms with van der Waals surface area (Å²) in [5.41, 5.74) is 2.36. The standard InChI is InChI=1S/C20H20NO4/c1-21-7-6-14-10-18(22-2)19(23-3)11-15(14)16(21)8-13-4-5-17-20(9-13)25-12-24-17/h4-7,9-11H,8,12H2,1-3H3/q+1. The van der Waals surface area contributed by atoms with Crippen LogP contribution in [0.5, 0.6) is 23.0 Å². The van der Waals surface area contributed by atoms with Gasteiger partial charge in [-0.15, -0.1) is 0 Å². The second-order valence-electron chi connectivity index (χ2n) is 6.03. The molecule has 1 aliphatic heterocycles. The molecule has 0 radical (unpaired) electrons. The molecule has 5 heteroatoms. The van der Waals surface area contributed by atoms with Crippen molar-refractivity contribution in [3.8, 4) is 23.0 Å². The minimum absolute atomic E-state index is 0.290. The smallest absolute Gasteiger partial charge is 0.231 e. The minimum atomic E-state index is 0.290. The number of ether oxygens (including phenoxy) is 4. The Labute approximate surface area is 146 Å². The first-order chi connectivity index (χ1) is 12.2. The highest BCUT2D eigenvalue weighted by atomic mass is 16.7. The van der Waals surface area contributed by atoms with Crippen LogP contribution in [-0.2, 0) is 13.5 Å². The Balaban J connectivity index is 1.81. The highest BCUT2D eigenvalue weighted by Gasteiger charge is 2.19. The zero-order valence-electron chi connectivity index (χ0n) is 14.5. The van der Waals surface area contributed by atoms with Gasteiger partial charge in [0, 0.05) is 6.07 Å². The van der Waals surface area contributed by atoms with Crippen molar-refractivity contribution in [2.24, 2.45) is 7.05 Å². The molecule has 0 N–H and O–H groups in total. The summed E-state index contributed by atoms with van der Waals surface area (Å²) in [5.74, 6) is 3.07. The van der Waals surface area contributed by atoms with Gasteiger partial charge in [-0.05, 0) is 35.2 Å². The number of pyridine rings is 1. The SMILES string of the molecule is COc1cc2cc[n+](C)c(Cc3ccc4c(c3)OCO4)c2cc1OC. The number of rotatable bonds is 4. The number of fused-ring (bicyclic) bond motifs is 2. The van der Waals surface area contributed by atoms with Crippen LogP contribution in [-0.4, -0.2) is 21.0 Å². The molecular formula is C20H20NO4+. The van der Waals surface area contributed by atoms with Crippen molar-refractivity contribution in [2.75, 3.05) is 21.0 Å². The van der Waals surface area contributed by atoms with Crippen molar-refractivity contribution < 1.29 is 23.5 Å². The molecule has 0 amide bonds. The third-order valence-corrected chi connectivity index (χ3v) is 4.58. The van der Waals surface area contributed by atoms with Crippen LogP contribution in [0.15, 0.2) is 42.6 Å². The first-order valence-corrected chi connectivity index (χ1v) is 8.11. The molecule has 1 aromatic heterocycles. The first kappa shape index (κ1) is 15.6. The van der Waals surface area contributed by atoms with E-state index in [0.717, 1.165) is 40.2 Å². The molecule has 4 rings (SSSR count). The molecule has 0 fully saturated rings. The number of benzene rings is 2. The predicted molar refractivity (Wildman–Crippen MR) is 93.6 cm³/mol. The summed E-state index contributed by atoms with van der Waals surface area (Å²) >= 11 is 0. The van der Waals surface area contributed by atoms with Gasteiger partial charge in [-0.2, -0.15) is 0 Å². The first-order valence-electron chi connectivity index (χ1n) is 8.11. The zero-order valence-corrected chi connectivity index (χ0v) is 14.5. The van der Waals surface area contributed by atoms with E-state index in [0.29, 0.717) is 0 Å². The van der Waals surface area contributed by atoms with Crippen LogP contribution in [0.1, 0.15) is 11.3 Å². The fourth-order valence-corrected chi connectivity index (χ4v) is 3.22. The third kappa shape index (κ3) is 2.71. The summed E-state index contributed by atoms with van der Waals surface area (Å²) in [6.45, 7) is 0.290. The monoisotopic (exact) mass is 338 g/mol. The lowest BCUT2D eigenvalue weighted by molar-refractivity contribution is -0.677. The van der Waals surface area contributed by atoms with Gasteiger partial charge in [-0.3, -0.25) is 0 Å². The Morgan fingerprint density at radius 3 is 2.52 bits per heavy atom. The van der Waals surface area contributed by atoms with Gasteiger partial charge in [-0.25, -0.2) is 4.57 Å². The third-order valence-electron chi connectivity index (χ3n) is 4.58. The van der Waals surface area contributed by atoms with E-state index in [4.69, 9.17) is 18.9 Å². The van der Waals surface area contributed by atoms with Gasteiger partial charge in [0.15, 0.2) is 34.9 Å². The lowest BCUT2D eigenvalue weighted by atomic mass is 10.0. The number of nitrogens with zero attached hydrogens (tertiary/aromatic N) is 1. The average molecular weight is 338 g/mol. The topological polar surface area (TPSA) is 40.8 Å². The molecule has 0 bridgehead atoms. The van der Waals surface area contributed by atoms with Crippen LogP contribution in [0.2, 0.25) is 0 Å². The molecule has 1 aliphatic rings. The molecule has 0 aliphatic carbocycles. The molecule has 25 heavy (non-hydrogen) atoms. The van der Waals surface area contributed by atoms with E-state index < -0.39 is 0 Å². The molecule has 3 aromatic rings. The van der Waals surface area contributed by atoms with Gasteiger partial charge in [-0.1, -0.05) is 6.07 Å². The van der Waals surface area contributed by atoms with Crippen LogP contribution in [0.4, 0.5) is 0 Å². The van der Waals surface area contributed by atoms with Gasteiger partial charge in [0.1, 0.15) is 7.05 Å². The number of hydrogen-bond acceptors (Lipinski definition) is 4. The molecule has 0 unspecified atom stereocenters. The van der Waals surface area contributed by atoms with Crippen LogP contribution < -0.4 is 23.5 Å². The predicted octanol–water partition coefficient (Wildman–Crippen LogP) is 3.00. The normalized spacial score (nSPS) is 12.4.